The molecular weight excluding hydrogens is 261 g/mol. The van der Waals surface area contributed by atoms with Crippen LogP contribution in [0.2, 0.25) is 0 Å². The summed E-state index contributed by atoms with van der Waals surface area (Å²) in [5.74, 6) is -12.8. The van der Waals surface area contributed by atoms with Gasteiger partial charge in [0, 0.05) is 0 Å². The lowest BCUT2D eigenvalue weighted by atomic mass is 10.2. The molecule has 1 aromatic carbocycles. The van der Waals surface area contributed by atoms with Crippen LogP contribution in [0.15, 0.2) is 0 Å². The molecule has 98 valence electrons. The molecule has 0 aliphatic carbocycles. The van der Waals surface area contributed by atoms with Gasteiger partial charge in [-0.3, -0.25) is 9.59 Å². The van der Waals surface area contributed by atoms with E-state index in [1.165, 1.54) is 5.32 Å². The third kappa shape index (κ3) is 2.63. The van der Waals surface area contributed by atoms with Gasteiger partial charge in [-0.25, -0.2) is 22.0 Å². The Morgan fingerprint density at radius 3 is 1.67 bits per heavy atom. The van der Waals surface area contributed by atoms with Gasteiger partial charge in [0.15, 0.2) is 23.3 Å². The van der Waals surface area contributed by atoms with E-state index in [9.17, 15) is 31.5 Å². The van der Waals surface area contributed by atoms with E-state index in [4.69, 9.17) is 0 Å². The Morgan fingerprint density at radius 2 is 1.28 bits per heavy atom. The predicted octanol–water partition coefficient (Wildman–Crippen LogP) is 2.30. The fraction of sp³-hybridized carbons (Fsp3) is 0.200. The van der Waals surface area contributed by atoms with Crippen LogP contribution in [-0.4, -0.2) is 11.7 Å². The molecule has 0 saturated carbocycles. The monoisotopic (exact) mass is 267 g/mol. The maximum absolute atomic E-state index is 13.1. The predicted molar refractivity (Wildman–Crippen MR) is 50.2 cm³/mol. The molecule has 1 rings (SSSR count). The van der Waals surface area contributed by atoms with Gasteiger partial charge in [0.05, 0.1) is 6.42 Å². The van der Waals surface area contributed by atoms with E-state index in [0.717, 1.165) is 6.92 Å². The Balaban J connectivity index is 3.18. The molecule has 0 aliphatic rings. The number of nitrogens with one attached hydrogen (secondary N) is 1. The van der Waals surface area contributed by atoms with E-state index >= 15 is 0 Å². The second-order valence-electron chi connectivity index (χ2n) is 3.37. The summed E-state index contributed by atoms with van der Waals surface area (Å²) in [5.41, 5.74) is -1.47. The number of ketones is 1. The van der Waals surface area contributed by atoms with Crippen LogP contribution in [0.4, 0.5) is 27.6 Å². The van der Waals surface area contributed by atoms with Gasteiger partial charge in [-0.15, -0.1) is 0 Å². The van der Waals surface area contributed by atoms with Crippen molar-refractivity contribution in [2.75, 3.05) is 5.32 Å². The number of carbonyl (C=O) groups excluding carboxylic acids is 2. The Kier molecular flexibility index (Phi) is 4.00. The molecule has 0 fully saturated rings. The fourth-order valence-electron chi connectivity index (χ4n) is 1.12. The topological polar surface area (TPSA) is 46.2 Å². The van der Waals surface area contributed by atoms with Crippen LogP contribution >= 0.6 is 0 Å². The van der Waals surface area contributed by atoms with Crippen LogP contribution in [-0.2, 0) is 9.59 Å². The first-order valence-corrected chi connectivity index (χ1v) is 4.56. The van der Waals surface area contributed by atoms with E-state index in [1.54, 1.807) is 0 Å². The average Bonchev–Trinajstić information content (AvgIpc) is 2.29. The highest BCUT2D eigenvalue weighted by Gasteiger charge is 2.26. The number of amides is 1. The summed E-state index contributed by atoms with van der Waals surface area (Å²) < 4.78 is 64.3. The standard InChI is InChI=1S/C10H6F5NO2/c1-3(17)2-4(18)16-10-8(14)6(12)5(11)7(13)9(10)15/h2H2,1H3,(H,16,18). The lowest BCUT2D eigenvalue weighted by molar-refractivity contribution is -0.124. The van der Waals surface area contributed by atoms with Gasteiger partial charge in [-0.2, -0.15) is 0 Å². The SMILES string of the molecule is CC(=O)CC(=O)Nc1c(F)c(F)c(F)c(F)c1F. The molecule has 18 heavy (non-hydrogen) atoms. The van der Waals surface area contributed by atoms with Gasteiger partial charge in [-0.05, 0) is 6.92 Å². The number of anilines is 1. The van der Waals surface area contributed by atoms with Crippen molar-refractivity contribution in [1.29, 1.82) is 0 Å². The van der Waals surface area contributed by atoms with Crippen molar-refractivity contribution < 1.29 is 31.5 Å². The number of halogens is 5. The van der Waals surface area contributed by atoms with Crippen LogP contribution in [0.5, 0.6) is 0 Å². The maximum Gasteiger partial charge on any atom is 0.231 e. The molecule has 0 aromatic heterocycles. The van der Waals surface area contributed by atoms with Crippen molar-refractivity contribution >= 4 is 17.4 Å². The van der Waals surface area contributed by atoms with Gasteiger partial charge in [-0.1, -0.05) is 0 Å². The molecular formula is C10H6F5NO2. The third-order valence-corrected chi connectivity index (χ3v) is 1.88. The molecule has 0 aliphatic heterocycles. The molecule has 8 heteroatoms. The smallest absolute Gasteiger partial charge is 0.231 e. The highest BCUT2D eigenvalue weighted by molar-refractivity contribution is 6.03. The quantitative estimate of drug-likeness (QED) is 0.395. The highest BCUT2D eigenvalue weighted by atomic mass is 19.2. The molecule has 0 saturated heterocycles. The number of benzene rings is 1. The molecule has 0 bridgehead atoms. The van der Waals surface area contributed by atoms with E-state index in [-0.39, 0.29) is 0 Å². The molecule has 3 nitrogen and oxygen atoms in total. The molecule has 0 spiro atoms. The zero-order valence-corrected chi connectivity index (χ0v) is 8.91. The van der Waals surface area contributed by atoms with Gasteiger partial charge in [0.25, 0.3) is 0 Å². The lowest BCUT2D eigenvalue weighted by Crippen LogP contribution is -2.18. The summed E-state index contributed by atoms with van der Waals surface area (Å²) in [5, 5.41) is 1.46. The molecule has 0 unspecified atom stereocenters. The third-order valence-electron chi connectivity index (χ3n) is 1.88. The zero-order chi connectivity index (χ0) is 14.0. The van der Waals surface area contributed by atoms with Crippen LogP contribution in [0.1, 0.15) is 13.3 Å². The van der Waals surface area contributed by atoms with Crippen molar-refractivity contribution in [3.63, 3.8) is 0 Å². The Hall–Kier alpha value is -1.99. The van der Waals surface area contributed by atoms with Crippen molar-refractivity contribution in [2.24, 2.45) is 0 Å². The maximum atomic E-state index is 13.1. The van der Waals surface area contributed by atoms with Crippen molar-refractivity contribution in [3.8, 4) is 0 Å². The molecule has 0 heterocycles. The normalized spacial score (nSPS) is 10.3. The van der Waals surface area contributed by atoms with E-state index in [0.29, 0.717) is 0 Å². The summed E-state index contributed by atoms with van der Waals surface area (Å²) in [6, 6.07) is 0. The number of rotatable bonds is 3. The Morgan fingerprint density at radius 1 is 0.889 bits per heavy atom. The first-order chi connectivity index (χ1) is 8.25. The summed E-state index contributed by atoms with van der Waals surface area (Å²) in [6.07, 6.45) is -0.737. The number of Topliss-reactive ketones (excluding diaryl/α,β-unsaturated/α-hetero) is 1. The molecule has 1 aromatic rings. The van der Waals surface area contributed by atoms with Crippen molar-refractivity contribution in [3.05, 3.63) is 29.1 Å². The molecule has 1 amide bonds. The first-order valence-electron chi connectivity index (χ1n) is 4.56. The minimum Gasteiger partial charge on any atom is -0.321 e. The second kappa shape index (κ2) is 5.11. The van der Waals surface area contributed by atoms with Crippen LogP contribution in [0.25, 0.3) is 0 Å². The average molecular weight is 267 g/mol. The zero-order valence-electron chi connectivity index (χ0n) is 8.91. The summed E-state index contributed by atoms with van der Waals surface area (Å²) in [7, 11) is 0. The largest absolute Gasteiger partial charge is 0.321 e. The highest BCUT2D eigenvalue weighted by Crippen LogP contribution is 2.27. The number of carbonyl (C=O) groups is 2. The van der Waals surface area contributed by atoms with Gasteiger partial charge < -0.3 is 5.32 Å². The van der Waals surface area contributed by atoms with E-state index < -0.39 is 52.9 Å². The Labute approximate surface area is 97.6 Å². The minimum atomic E-state index is -2.32. The molecule has 0 radical (unpaired) electrons. The van der Waals surface area contributed by atoms with Gasteiger partial charge in [0.1, 0.15) is 11.5 Å². The van der Waals surface area contributed by atoms with Gasteiger partial charge >= 0.3 is 0 Å². The van der Waals surface area contributed by atoms with E-state index in [2.05, 4.69) is 0 Å². The van der Waals surface area contributed by atoms with Gasteiger partial charge in [0.2, 0.25) is 11.7 Å². The van der Waals surface area contributed by atoms with Crippen LogP contribution < -0.4 is 5.32 Å². The summed E-state index contributed by atoms with van der Waals surface area (Å²) in [6.45, 7) is 1.03. The molecule has 0 atom stereocenters. The minimum absolute atomic E-state index is 0.628. The summed E-state index contributed by atoms with van der Waals surface area (Å²) >= 11 is 0. The van der Waals surface area contributed by atoms with Crippen LogP contribution in [0.3, 0.4) is 0 Å². The summed E-state index contributed by atoms with van der Waals surface area (Å²) in [4.78, 5) is 21.6. The Bertz CT molecular complexity index is 500. The lowest BCUT2D eigenvalue weighted by Gasteiger charge is -2.08. The number of hydrogen-bond donors (Lipinski definition) is 1. The van der Waals surface area contributed by atoms with E-state index in [1.807, 2.05) is 0 Å². The molecule has 1 N–H and O–H groups in total. The van der Waals surface area contributed by atoms with Crippen LogP contribution in [0, 0.1) is 29.1 Å². The second-order valence-corrected chi connectivity index (χ2v) is 3.37. The van der Waals surface area contributed by atoms with Crippen molar-refractivity contribution in [1.82, 2.24) is 0 Å². The fourth-order valence-corrected chi connectivity index (χ4v) is 1.12. The number of hydrogen-bond acceptors (Lipinski definition) is 2. The van der Waals surface area contributed by atoms with Crippen molar-refractivity contribution in [2.45, 2.75) is 13.3 Å². The first kappa shape index (κ1) is 14.1.